The summed E-state index contributed by atoms with van der Waals surface area (Å²) in [5, 5.41) is 3.42. The van der Waals surface area contributed by atoms with Crippen LogP contribution in [0.15, 0.2) is 18.2 Å². The first-order valence-corrected chi connectivity index (χ1v) is 6.65. The summed E-state index contributed by atoms with van der Waals surface area (Å²) in [7, 11) is 0. The third kappa shape index (κ3) is 4.75. The number of nitrogens with one attached hydrogen (secondary N) is 1. The Morgan fingerprint density at radius 3 is 2.67 bits per heavy atom. The van der Waals surface area contributed by atoms with Crippen LogP contribution in [0.2, 0.25) is 0 Å². The number of halogens is 1. The predicted molar refractivity (Wildman–Crippen MR) is 73.3 cm³/mol. The molecule has 0 aliphatic rings. The molecule has 0 aliphatic carbocycles. The summed E-state index contributed by atoms with van der Waals surface area (Å²) < 4.78 is 19.0. The van der Waals surface area contributed by atoms with Crippen molar-refractivity contribution in [1.82, 2.24) is 5.32 Å². The van der Waals surface area contributed by atoms with E-state index in [9.17, 15) is 4.39 Å². The first-order valence-electron chi connectivity index (χ1n) is 6.65. The first kappa shape index (κ1) is 15.1. The molecule has 1 aromatic rings. The summed E-state index contributed by atoms with van der Waals surface area (Å²) in [4.78, 5) is 0. The van der Waals surface area contributed by atoms with Crippen molar-refractivity contribution in [3.05, 3.63) is 35.1 Å². The zero-order chi connectivity index (χ0) is 13.5. The van der Waals surface area contributed by atoms with Gasteiger partial charge in [-0.3, -0.25) is 0 Å². The van der Waals surface area contributed by atoms with Gasteiger partial charge in [0.1, 0.15) is 5.82 Å². The van der Waals surface area contributed by atoms with Crippen LogP contribution in [0.4, 0.5) is 4.39 Å². The monoisotopic (exact) mass is 253 g/mol. The maximum Gasteiger partial charge on any atom is 0.123 e. The fraction of sp³-hybridized carbons (Fsp3) is 0.600. The van der Waals surface area contributed by atoms with Crippen molar-refractivity contribution in [1.29, 1.82) is 0 Å². The van der Waals surface area contributed by atoms with Gasteiger partial charge < -0.3 is 10.1 Å². The number of rotatable bonds is 7. The van der Waals surface area contributed by atoms with E-state index >= 15 is 0 Å². The second-order valence-corrected chi connectivity index (χ2v) is 4.89. The second-order valence-electron chi connectivity index (χ2n) is 4.89. The van der Waals surface area contributed by atoms with Gasteiger partial charge in [-0.15, -0.1) is 0 Å². The summed E-state index contributed by atoms with van der Waals surface area (Å²) in [6.07, 6.45) is 1.23. The molecule has 1 N–H and O–H groups in total. The van der Waals surface area contributed by atoms with Gasteiger partial charge in [0, 0.05) is 0 Å². The lowest BCUT2D eigenvalue weighted by atomic mass is 10.0. The summed E-state index contributed by atoms with van der Waals surface area (Å²) in [6.45, 7) is 9.62. The third-order valence-electron chi connectivity index (χ3n) is 2.85. The Morgan fingerprint density at radius 2 is 2.06 bits per heavy atom. The summed E-state index contributed by atoms with van der Waals surface area (Å²) >= 11 is 0. The van der Waals surface area contributed by atoms with E-state index in [1.807, 2.05) is 26.8 Å². The Bertz CT molecular complexity index is 366. The molecular formula is C15H24FNO. The topological polar surface area (TPSA) is 21.3 Å². The maximum atomic E-state index is 13.4. The molecule has 2 nitrogen and oxygen atoms in total. The molecule has 0 amide bonds. The molecule has 0 fully saturated rings. The van der Waals surface area contributed by atoms with Crippen LogP contribution < -0.4 is 5.32 Å². The van der Waals surface area contributed by atoms with Gasteiger partial charge in [0.25, 0.3) is 0 Å². The molecule has 0 saturated carbocycles. The minimum atomic E-state index is -0.191. The largest absolute Gasteiger partial charge is 0.377 e. The number of ether oxygens (including phenoxy) is 1. The standard InChI is InChI=1S/C15H24FNO/c1-5-8-17-15(10-18-11(2)3)14-9-13(16)7-6-12(14)4/h6-7,9,11,15,17H,5,8,10H2,1-4H3. The number of hydrogen-bond acceptors (Lipinski definition) is 2. The Balaban J connectivity index is 2.82. The highest BCUT2D eigenvalue weighted by Crippen LogP contribution is 2.20. The third-order valence-corrected chi connectivity index (χ3v) is 2.85. The lowest BCUT2D eigenvalue weighted by Crippen LogP contribution is -2.28. The van der Waals surface area contributed by atoms with Gasteiger partial charge in [0.05, 0.1) is 18.8 Å². The number of hydrogen-bond donors (Lipinski definition) is 1. The average molecular weight is 253 g/mol. The van der Waals surface area contributed by atoms with E-state index in [-0.39, 0.29) is 18.0 Å². The van der Waals surface area contributed by atoms with E-state index in [4.69, 9.17) is 4.74 Å². The Labute approximate surface area is 110 Å². The van der Waals surface area contributed by atoms with Crippen LogP contribution in [0.3, 0.4) is 0 Å². The zero-order valence-corrected chi connectivity index (χ0v) is 11.8. The van der Waals surface area contributed by atoms with Crippen LogP contribution in [0.1, 0.15) is 44.4 Å². The Hall–Kier alpha value is -0.930. The maximum absolute atomic E-state index is 13.4. The van der Waals surface area contributed by atoms with Gasteiger partial charge >= 0.3 is 0 Å². The van der Waals surface area contributed by atoms with Crippen LogP contribution in [-0.4, -0.2) is 19.3 Å². The van der Waals surface area contributed by atoms with Gasteiger partial charge in [-0.05, 0) is 57.0 Å². The van der Waals surface area contributed by atoms with Crippen LogP contribution in [0, 0.1) is 12.7 Å². The fourth-order valence-electron chi connectivity index (χ4n) is 1.85. The van der Waals surface area contributed by atoms with Gasteiger partial charge in [-0.25, -0.2) is 4.39 Å². The Morgan fingerprint density at radius 1 is 1.33 bits per heavy atom. The van der Waals surface area contributed by atoms with Gasteiger partial charge in [-0.2, -0.15) is 0 Å². The molecule has 102 valence electrons. The minimum absolute atomic E-state index is 0.0584. The number of aryl methyl sites for hydroxylation is 1. The van der Waals surface area contributed by atoms with Gasteiger partial charge in [-0.1, -0.05) is 13.0 Å². The molecule has 0 aromatic heterocycles. The molecular weight excluding hydrogens is 229 g/mol. The van der Waals surface area contributed by atoms with Crippen LogP contribution in [0.25, 0.3) is 0 Å². The molecule has 0 saturated heterocycles. The summed E-state index contributed by atoms with van der Waals surface area (Å²) in [5.74, 6) is -0.191. The molecule has 0 heterocycles. The highest BCUT2D eigenvalue weighted by molar-refractivity contribution is 5.29. The molecule has 0 radical (unpaired) electrons. The van der Waals surface area contributed by atoms with Crippen LogP contribution in [0.5, 0.6) is 0 Å². The summed E-state index contributed by atoms with van der Waals surface area (Å²) in [6, 6.07) is 4.98. The van der Waals surface area contributed by atoms with Crippen molar-refractivity contribution in [2.45, 2.75) is 46.3 Å². The van der Waals surface area contributed by atoms with Crippen molar-refractivity contribution < 1.29 is 9.13 Å². The lowest BCUT2D eigenvalue weighted by Gasteiger charge is -2.22. The highest BCUT2D eigenvalue weighted by atomic mass is 19.1. The molecule has 18 heavy (non-hydrogen) atoms. The molecule has 1 aromatic carbocycles. The van der Waals surface area contributed by atoms with Crippen molar-refractivity contribution in [3.8, 4) is 0 Å². The predicted octanol–water partition coefficient (Wildman–Crippen LogP) is 3.60. The van der Waals surface area contributed by atoms with E-state index in [2.05, 4.69) is 12.2 Å². The SMILES string of the molecule is CCCNC(COC(C)C)c1cc(F)ccc1C. The van der Waals surface area contributed by atoms with Gasteiger partial charge in [0.15, 0.2) is 0 Å². The number of benzene rings is 1. The molecule has 0 aliphatic heterocycles. The van der Waals surface area contributed by atoms with E-state index < -0.39 is 0 Å². The van der Waals surface area contributed by atoms with Gasteiger partial charge in [0.2, 0.25) is 0 Å². The van der Waals surface area contributed by atoms with E-state index in [0.29, 0.717) is 6.61 Å². The normalized spacial score (nSPS) is 13.0. The molecule has 1 atom stereocenters. The fourth-order valence-corrected chi connectivity index (χ4v) is 1.85. The molecule has 3 heteroatoms. The van der Waals surface area contributed by atoms with Crippen molar-refractivity contribution in [2.24, 2.45) is 0 Å². The first-order chi connectivity index (χ1) is 8.54. The summed E-state index contributed by atoms with van der Waals surface area (Å²) in [5.41, 5.74) is 2.08. The minimum Gasteiger partial charge on any atom is -0.377 e. The van der Waals surface area contributed by atoms with E-state index in [0.717, 1.165) is 24.1 Å². The molecule has 0 spiro atoms. The van der Waals surface area contributed by atoms with E-state index in [1.54, 1.807) is 6.07 Å². The second kappa shape index (κ2) is 7.49. The van der Waals surface area contributed by atoms with Crippen LogP contribution in [-0.2, 0) is 4.74 Å². The molecule has 1 unspecified atom stereocenters. The Kier molecular flexibility index (Phi) is 6.30. The van der Waals surface area contributed by atoms with Crippen molar-refractivity contribution in [3.63, 3.8) is 0 Å². The quantitative estimate of drug-likeness (QED) is 0.801. The lowest BCUT2D eigenvalue weighted by molar-refractivity contribution is 0.0609. The molecule has 0 bridgehead atoms. The average Bonchev–Trinajstić information content (AvgIpc) is 2.32. The molecule has 1 rings (SSSR count). The van der Waals surface area contributed by atoms with E-state index in [1.165, 1.54) is 6.07 Å². The highest BCUT2D eigenvalue weighted by Gasteiger charge is 2.14. The van der Waals surface area contributed by atoms with Crippen molar-refractivity contribution >= 4 is 0 Å². The zero-order valence-electron chi connectivity index (χ0n) is 11.8. The van der Waals surface area contributed by atoms with Crippen molar-refractivity contribution in [2.75, 3.05) is 13.2 Å². The van der Waals surface area contributed by atoms with Crippen LogP contribution >= 0.6 is 0 Å². The smallest absolute Gasteiger partial charge is 0.123 e.